The fourth-order valence-electron chi connectivity index (χ4n) is 1.44. The van der Waals surface area contributed by atoms with Crippen molar-refractivity contribution in [3.8, 4) is 0 Å². The first-order chi connectivity index (χ1) is 7.70. The Morgan fingerprint density at radius 3 is 3.00 bits per heavy atom. The molecule has 0 aliphatic heterocycles. The van der Waals surface area contributed by atoms with Crippen LogP contribution in [0.4, 0.5) is 4.39 Å². The van der Waals surface area contributed by atoms with Gasteiger partial charge in [0, 0.05) is 17.4 Å². The molecular formula is C11H11FN2O2. The van der Waals surface area contributed by atoms with Crippen LogP contribution in [0.25, 0.3) is 10.9 Å². The van der Waals surface area contributed by atoms with Crippen LogP contribution >= 0.6 is 0 Å². The summed E-state index contributed by atoms with van der Waals surface area (Å²) >= 11 is 0. The molecule has 0 amide bonds. The molecule has 3 N–H and O–H groups in total. The Kier molecular flexibility index (Phi) is 2.87. The van der Waals surface area contributed by atoms with Gasteiger partial charge in [0.2, 0.25) is 0 Å². The largest absolute Gasteiger partial charge is 0.460 e. The number of ether oxygens (including phenoxy) is 1. The number of fused-ring (bicyclic) bond motifs is 1. The highest BCUT2D eigenvalue weighted by molar-refractivity contribution is 5.94. The summed E-state index contributed by atoms with van der Waals surface area (Å²) in [5.74, 6) is -0.824. The molecule has 0 atom stereocenters. The van der Waals surface area contributed by atoms with E-state index in [2.05, 4.69) is 4.98 Å². The van der Waals surface area contributed by atoms with Gasteiger partial charge < -0.3 is 15.5 Å². The number of H-pyrrole nitrogens is 1. The van der Waals surface area contributed by atoms with Gasteiger partial charge in [-0.3, -0.25) is 0 Å². The molecule has 0 bridgehead atoms. The van der Waals surface area contributed by atoms with Gasteiger partial charge in [-0.25, -0.2) is 9.18 Å². The molecule has 0 unspecified atom stereocenters. The second-order valence-electron chi connectivity index (χ2n) is 3.34. The van der Waals surface area contributed by atoms with Crippen LogP contribution in [0.15, 0.2) is 24.3 Å². The number of nitrogens with one attached hydrogen (secondary N) is 1. The first-order valence-corrected chi connectivity index (χ1v) is 4.86. The molecule has 1 heterocycles. The Morgan fingerprint density at radius 2 is 2.25 bits per heavy atom. The third-order valence-corrected chi connectivity index (χ3v) is 2.15. The van der Waals surface area contributed by atoms with E-state index in [0.29, 0.717) is 16.6 Å². The maximum absolute atomic E-state index is 12.9. The van der Waals surface area contributed by atoms with Crippen LogP contribution in [0.5, 0.6) is 0 Å². The molecule has 1 aromatic heterocycles. The zero-order chi connectivity index (χ0) is 11.5. The molecule has 2 aromatic rings. The molecule has 0 aliphatic carbocycles. The number of nitrogens with two attached hydrogens (primary N) is 1. The van der Waals surface area contributed by atoms with Crippen molar-refractivity contribution in [3.05, 3.63) is 35.8 Å². The molecule has 84 valence electrons. The van der Waals surface area contributed by atoms with E-state index in [-0.39, 0.29) is 19.0 Å². The van der Waals surface area contributed by atoms with Crippen molar-refractivity contribution < 1.29 is 13.9 Å². The van der Waals surface area contributed by atoms with Crippen molar-refractivity contribution in [1.29, 1.82) is 0 Å². The molecule has 0 fully saturated rings. The lowest BCUT2D eigenvalue weighted by molar-refractivity contribution is 0.0511. The third-order valence-electron chi connectivity index (χ3n) is 2.15. The van der Waals surface area contributed by atoms with Crippen molar-refractivity contribution in [2.24, 2.45) is 5.73 Å². The van der Waals surface area contributed by atoms with E-state index in [1.165, 1.54) is 12.1 Å². The molecule has 5 heteroatoms. The number of halogens is 1. The van der Waals surface area contributed by atoms with Crippen LogP contribution in [-0.2, 0) is 4.74 Å². The molecular weight excluding hydrogens is 211 g/mol. The van der Waals surface area contributed by atoms with Crippen molar-refractivity contribution in [2.45, 2.75) is 0 Å². The standard InChI is InChI=1S/C11H11FN2O2/c12-8-1-2-9-7(5-8)6-10(14-9)11(15)16-4-3-13/h1-2,5-6,14H,3-4,13H2. The summed E-state index contributed by atoms with van der Waals surface area (Å²) in [4.78, 5) is 14.3. The molecule has 0 spiro atoms. The fourth-order valence-corrected chi connectivity index (χ4v) is 1.44. The highest BCUT2D eigenvalue weighted by Crippen LogP contribution is 2.17. The van der Waals surface area contributed by atoms with Crippen LogP contribution in [-0.4, -0.2) is 24.1 Å². The smallest absolute Gasteiger partial charge is 0.354 e. The molecule has 0 saturated heterocycles. The Hall–Kier alpha value is -1.88. The summed E-state index contributed by atoms with van der Waals surface area (Å²) in [6, 6.07) is 5.81. The summed E-state index contributed by atoms with van der Waals surface area (Å²) in [6.07, 6.45) is 0. The molecule has 1 aromatic carbocycles. The Balaban J connectivity index is 2.28. The molecule has 0 aliphatic rings. The number of hydrogen-bond donors (Lipinski definition) is 2. The SMILES string of the molecule is NCCOC(=O)c1cc2cc(F)ccc2[nH]1. The third kappa shape index (κ3) is 2.04. The van der Waals surface area contributed by atoms with Crippen LogP contribution in [0.2, 0.25) is 0 Å². The quantitative estimate of drug-likeness (QED) is 0.772. The average Bonchev–Trinajstić information content (AvgIpc) is 2.68. The first-order valence-electron chi connectivity index (χ1n) is 4.86. The number of aromatic amines is 1. The summed E-state index contributed by atoms with van der Waals surface area (Å²) in [6.45, 7) is 0.448. The predicted octanol–water partition coefficient (Wildman–Crippen LogP) is 1.42. The molecule has 16 heavy (non-hydrogen) atoms. The number of benzene rings is 1. The number of carbonyl (C=O) groups excluding carboxylic acids is 1. The predicted molar refractivity (Wildman–Crippen MR) is 57.6 cm³/mol. The highest BCUT2D eigenvalue weighted by atomic mass is 19.1. The normalized spacial score (nSPS) is 10.6. The van der Waals surface area contributed by atoms with E-state index in [0.717, 1.165) is 0 Å². The lowest BCUT2D eigenvalue weighted by Gasteiger charge is -1.99. The van der Waals surface area contributed by atoms with E-state index < -0.39 is 5.97 Å². The highest BCUT2D eigenvalue weighted by Gasteiger charge is 2.10. The van der Waals surface area contributed by atoms with E-state index >= 15 is 0 Å². The second-order valence-corrected chi connectivity index (χ2v) is 3.34. The van der Waals surface area contributed by atoms with Gasteiger partial charge in [0.1, 0.15) is 18.1 Å². The van der Waals surface area contributed by atoms with E-state index in [1.54, 1.807) is 12.1 Å². The number of carbonyl (C=O) groups is 1. The van der Waals surface area contributed by atoms with Gasteiger partial charge in [-0.2, -0.15) is 0 Å². The topological polar surface area (TPSA) is 68.1 Å². The maximum Gasteiger partial charge on any atom is 0.354 e. The molecule has 2 rings (SSSR count). The number of esters is 1. The summed E-state index contributed by atoms with van der Waals surface area (Å²) in [7, 11) is 0. The Morgan fingerprint density at radius 1 is 1.44 bits per heavy atom. The summed E-state index contributed by atoms with van der Waals surface area (Å²) in [5, 5.41) is 0.639. The van der Waals surface area contributed by atoms with Gasteiger partial charge in [-0.1, -0.05) is 0 Å². The maximum atomic E-state index is 12.9. The minimum Gasteiger partial charge on any atom is -0.460 e. The summed E-state index contributed by atoms with van der Waals surface area (Å²) in [5.41, 5.74) is 6.21. The second kappa shape index (κ2) is 4.32. The van der Waals surface area contributed by atoms with Gasteiger partial charge in [0.05, 0.1) is 0 Å². The molecule has 0 radical (unpaired) electrons. The lowest BCUT2D eigenvalue weighted by Crippen LogP contribution is -2.13. The first kappa shape index (κ1) is 10.6. The lowest BCUT2D eigenvalue weighted by atomic mass is 10.2. The molecule has 0 saturated carbocycles. The van der Waals surface area contributed by atoms with E-state index in [1.807, 2.05) is 0 Å². The number of hydrogen-bond acceptors (Lipinski definition) is 3. The minimum atomic E-state index is -0.484. The van der Waals surface area contributed by atoms with Gasteiger partial charge in [0.15, 0.2) is 0 Å². The number of rotatable bonds is 3. The Labute approximate surface area is 91.2 Å². The van der Waals surface area contributed by atoms with Crippen molar-refractivity contribution in [3.63, 3.8) is 0 Å². The van der Waals surface area contributed by atoms with Gasteiger partial charge in [0.25, 0.3) is 0 Å². The van der Waals surface area contributed by atoms with Crippen molar-refractivity contribution >= 4 is 16.9 Å². The fraction of sp³-hybridized carbons (Fsp3) is 0.182. The summed E-state index contributed by atoms with van der Waals surface area (Å²) < 4.78 is 17.8. The zero-order valence-corrected chi connectivity index (χ0v) is 8.50. The zero-order valence-electron chi connectivity index (χ0n) is 8.50. The Bertz CT molecular complexity index is 522. The van der Waals surface area contributed by atoms with Crippen molar-refractivity contribution in [1.82, 2.24) is 4.98 Å². The van der Waals surface area contributed by atoms with Crippen LogP contribution in [0.1, 0.15) is 10.5 Å². The molecule has 4 nitrogen and oxygen atoms in total. The van der Waals surface area contributed by atoms with E-state index in [9.17, 15) is 9.18 Å². The van der Waals surface area contributed by atoms with Gasteiger partial charge >= 0.3 is 5.97 Å². The van der Waals surface area contributed by atoms with Gasteiger partial charge in [-0.05, 0) is 24.3 Å². The van der Waals surface area contributed by atoms with E-state index in [4.69, 9.17) is 10.5 Å². The monoisotopic (exact) mass is 222 g/mol. The minimum absolute atomic E-state index is 0.169. The number of aromatic nitrogens is 1. The van der Waals surface area contributed by atoms with Crippen LogP contribution < -0.4 is 5.73 Å². The van der Waals surface area contributed by atoms with Crippen molar-refractivity contribution in [2.75, 3.05) is 13.2 Å². The average molecular weight is 222 g/mol. The van der Waals surface area contributed by atoms with Crippen LogP contribution in [0, 0.1) is 5.82 Å². The van der Waals surface area contributed by atoms with Crippen LogP contribution in [0.3, 0.4) is 0 Å². The van der Waals surface area contributed by atoms with Gasteiger partial charge in [-0.15, -0.1) is 0 Å².